The minimum atomic E-state index is -0.277. The smallest absolute Gasteiger partial charge is 0.291 e. The second-order valence-corrected chi connectivity index (χ2v) is 4.94. The number of ether oxygens (including phenoxy) is 1. The van der Waals surface area contributed by atoms with E-state index >= 15 is 0 Å². The number of para-hydroxylation sites is 3. The highest BCUT2D eigenvalue weighted by molar-refractivity contribution is 6.07. The lowest BCUT2D eigenvalue weighted by atomic mass is 10.1. The zero-order valence-corrected chi connectivity index (χ0v) is 12.6. The molecular formula is C18H17NO3. The predicted octanol–water partition coefficient (Wildman–Crippen LogP) is 4.39. The fraction of sp³-hybridized carbons (Fsp3) is 0.167. The van der Waals surface area contributed by atoms with Crippen molar-refractivity contribution in [2.75, 3.05) is 11.9 Å². The van der Waals surface area contributed by atoms with Gasteiger partial charge in [-0.15, -0.1) is 0 Å². The second-order valence-electron chi connectivity index (χ2n) is 4.94. The van der Waals surface area contributed by atoms with Gasteiger partial charge in [-0.2, -0.15) is 0 Å². The van der Waals surface area contributed by atoms with Gasteiger partial charge in [-0.1, -0.05) is 30.3 Å². The fourth-order valence-electron chi connectivity index (χ4n) is 2.42. The first kappa shape index (κ1) is 14.2. The molecule has 1 heterocycles. The van der Waals surface area contributed by atoms with Gasteiger partial charge in [-0.25, -0.2) is 0 Å². The molecule has 0 bridgehead atoms. The van der Waals surface area contributed by atoms with Crippen molar-refractivity contribution in [3.63, 3.8) is 0 Å². The van der Waals surface area contributed by atoms with Crippen LogP contribution in [0, 0.1) is 6.92 Å². The van der Waals surface area contributed by atoms with Gasteiger partial charge in [-0.3, -0.25) is 4.79 Å². The van der Waals surface area contributed by atoms with Crippen LogP contribution >= 0.6 is 0 Å². The molecule has 22 heavy (non-hydrogen) atoms. The highest BCUT2D eigenvalue weighted by atomic mass is 16.5. The molecule has 2 aromatic carbocycles. The third kappa shape index (κ3) is 2.55. The Kier molecular flexibility index (Phi) is 3.83. The van der Waals surface area contributed by atoms with Crippen molar-refractivity contribution >= 4 is 22.6 Å². The van der Waals surface area contributed by atoms with E-state index in [0.29, 0.717) is 29.4 Å². The lowest BCUT2D eigenvalue weighted by Gasteiger charge is -2.10. The van der Waals surface area contributed by atoms with E-state index < -0.39 is 0 Å². The van der Waals surface area contributed by atoms with E-state index in [-0.39, 0.29) is 5.91 Å². The van der Waals surface area contributed by atoms with Gasteiger partial charge in [0.25, 0.3) is 5.91 Å². The van der Waals surface area contributed by atoms with Gasteiger partial charge in [0.2, 0.25) is 0 Å². The number of nitrogens with one attached hydrogen (secondary N) is 1. The molecule has 0 saturated heterocycles. The average Bonchev–Trinajstić information content (AvgIpc) is 2.87. The maximum atomic E-state index is 12.5. The molecule has 3 aromatic rings. The molecule has 0 aliphatic heterocycles. The quantitative estimate of drug-likeness (QED) is 0.776. The summed E-state index contributed by atoms with van der Waals surface area (Å²) in [7, 11) is 0. The Hall–Kier alpha value is -2.75. The monoisotopic (exact) mass is 295 g/mol. The Morgan fingerprint density at radius 1 is 1.14 bits per heavy atom. The predicted molar refractivity (Wildman–Crippen MR) is 86.5 cm³/mol. The Labute approximate surface area is 128 Å². The number of anilines is 1. The van der Waals surface area contributed by atoms with Gasteiger partial charge in [0.15, 0.2) is 5.76 Å². The van der Waals surface area contributed by atoms with Crippen molar-refractivity contribution in [3.8, 4) is 5.75 Å². The van der Waals surface area contributed by atoms with Crippen LogP contribution in [0.1, 0.15) is 23.0 Å². The Bertz CT molecular complexity index is 820. The van der Waals surface area contributed by atoms with Crippen molar-refractivity contribution in [1.29, 1.82) is 0 Å². The van der Waals surface area contributed by atoms with Crippen molar-refractivity contribution in [2.45, 2.75) is 13.8 Å². The maximum absolute atomic E-state index is 12.5. The molecule has 4 nitrogen and oxygen atoms in total. The van der Waals surface area contributed by atoms with Gasteiger partial charge in [-0.05, 0) is 32.0 Å². The lowest BCUT2D eigenvalue weighted by molar-refractivity contribution is 0.0997. The molecule has 0 radical (unpaired) electrons. The van der Waals surface area contributed by atoms with E-state index in [0.717, 1.165) is 10.9 Å². The Morgan fingerprint density at radius 3 is 2.64 bits per heavy atom. The molecule has 0 spiro atoms. The number of carbonyl (C=O) groups is 1. The summed E-state index contributed by atoms with van der Waals surface area (Å²) in [6.07, 6.45) is 0. The van der Waals surface area contributed by atoms with E-state index in [1.807, 2.05) is 56.3 Å². The molecule has 1 N–H and O–H groups in total. The summed E-state index contributed by atoms with van der Waals surface area (Å²) in [4.78, 5) is 12.5. The van der Waals surface area contributed by atoms with Crippen LogP contribution in [-0.4, -0.2) is 12.5 Å². The van der Waals surface area contributed by atoms with Crippen molar-refractivity contribution in [3.05, 3.63) is 59.9 Å². The molecular weight excluding hydrogens is 278 g/mol. The third-order valence-electron chi connectivity index (χ3n) is 3.49. The molecule has 0 aliphatic carbocycles. The number of amides is 1. The SMILES string of the molecule is CCOc1ccccc1NC(=O)c1oc2ccccc2c1C. The molecule has 4 heteroatoms. The summed E-state index contributed by atoms with van der Waals surface area (Å²) >= 11 is 0. The summed E-state index contributed by atoms with van der Waals surface area (Å²) in [6, 6.07) is 15.0. The normalized spacial score (nSPS) is 10.6. The van der Waals surface area contributed by atoms with Crippen LogP contribution < -0.4 is 10.1 Å². The zero-order chi connectivity index (χ0) is 15.5. The lowest BCUT2D eigenvalue weighted by Crippen LogP contribution is -2.13. The first-order valence-electron chi connectivity index (χ1n) is 7.22. The van der Waals surface area contributed by atoms with E-state index in [1.165, 1.54) is 0 Å². The largest absolute Gasteiger partial charge is 0.492 e. The fourth-order valence-corrected chi connectivity index (χ4v) is 2.42. The second kappa shape index (κ2) is 5.93. The van der Waals surface area contributed by atoms with Crippen LogP contribution in [0.15, 0.2) is 52.9 Å². The molecule has 0 saturated carbocycles. The molecule has 3 rings (SSSR count). The summed E-state index contributed by atoms with van der Waals surface area (Å²) in [5.74, 6) is 0.695. The van der Waals surface area contributed by atoms with Crippen LogP contribution in [0.5, 0.6) is 5.75 Å². The molecule has 0 fully saturated rings. The minimum absolute atomic E-state index is 0.277. The summed E-state index contributed by atoms with van der Waals surface area (Å²) in [5.41, 5.74) is 2.18. The summed E-state index contributed by atoms with van der Waals surface area (Å²) in [6.45, 7) is 4.33. The topological polar surface area (TPSA) is 51.5 Å². The summed E-state index contributed by atoms with van der Waals surface area (Å²) in [5, 5.41) is 3.81. The van der Waals surface area contributed by atoms with Crippen molar-refractivity contribution in [1.82, 2.24) is 0 Å². The summed E-state index contributed by atoms with van der Waals surface area (Å²) < 4.78 is 11.2. The van der Waals surface area contributed by atoms with Crippen molar-refractivity contribution in [2.24, 2.45) is 0 Å². The minimum Gasteiger partial charge on any atom is -0.492 e. The average molecular weight is 295 g/mol. The van der Waals surface area contributed by atoms with E-state index in [9.17, 15) is 4.79 Å². The first-order chi connectivity index (χ1) is 10.7. The van der Waals surface area contributed by atoms with Gasteiger partial charge >= 0.3 is 0 Å². The Balaban J connectivity index is 1.92. The number of fused-ring (bicyclic) bond motifs is 1. The Morgan fingerprint density at radius 2 is 1.86 bits per heavy atom. The molecule has 0 aliphatic rings. The van der Waals surface area contributed by atoms with Gasteiger partial charge < -0.3 is 14.5 Å². The number of furan rings is 1. The number of hydrogen-bond acceptors (Lipinski definition) is 3. The van der Waals surface area contributed by atoms with Gasteiger partial charge in [0.05, 0.1) is 12.3 Å². The number of benzene rings is 2. The van der Waals surface area contributed by atoms with E-state index in [1.54, 1.807) is 6.07 Å². The number of rotatable bonds is 4. The first-order valence-corrected chi connectivity index (χ1v) is 7.22. The van der Waals surface area contributed by atoms with Gasteiger partial charge in [0.1, 0.15) is 11.3 Å². The van der Waals surface area contributed by atoms with Crippen LogP contribution in [-0.2, 0) is 0 Å². The van der Waals surface area contributed by atoms with E-state index in [2.05, 4.69) is 5.32 Å². The van der Waals surface area contributed by atoms with Crippen LogP contribution in [0.3, 0.4) is 0 Å². The molecule has 0 atom stereocenters. The van der Waals surface area contributed by atoms with E-state index in [4.69, 9.17) is 9.15 Å². The maximum Gasteiger partial charge on any atom is 0.291 e. The highest BCUT2D eigenvalue weighted by Gasteiger charge is 2.18. The number of aryl methyl sites for hydroxylation is 1. The van der Waals surface area contributed by atoms with Crippen LogP contribution in [0.25, 0.3) is 11.0 Å². The number of hydrogen-bond donors (Lipinski definition) is 1. The molecule has 1 aromatic heterocycles. The van der Waals surface area contributed by atoms with Crippen LogP contribution in [0.4, 0.5) is 5.69 Å². The molecule has 1 amide bonds. The number of carbonyl (C=O) groups excluding carboxylic acids is 1. The van der Waals surface area contributed by atoms with Crippen molar-refractivity contribution < 1.29 is 13.9 Å². The molecule has 112 valence electrons. The highest BCUT2D eigenvalue weighted by Crippen LogP contribution is 2.28. The standard InChI is InChI=1S/C18H17NO3/c1-3-21-16-11-7-5-9-14(16)19-18(20)17-12(2)13-8-4-6-10-15(13)22-17/h4-11H,3H2,1-2H3,(H,19,20). The van der Waals surface area contributed by atoms with Crippen LogP contribution in [0.2, 0.25) is 0 Å². The molecule has 0 unspecified atom stereocenters. The van der Waals surface area contributed by atoms with Gasteiger partial charge in [0, 0.05) is 10.9 Å². The third-order valence-corrected chi connectivity index (χ3v) is 3.49. The zero-order valence-electron chi connectivity index (χ0n) is 12.6.